The standard InChI is InChI=1S/C14H17N3O2/c1-19-13(18)8-17-12-7-10-5-3-2-4-9(10)6-11(12)16-14(17)15/h6-7H,2-5,8H2,1H3,(H2,15,16). The van der Waals surface area contributed by atoms with E-state index in [1.165, 1.54) is 31.1 Å². The molecule has 5 heteroatoms. The molecule has 1 heterocycles. The molecule has 1 aliphatic rings. The van der Waals surface area contributed by atoms with E-state index in [9.17, 15) is 4.79 Å². The number of hydrogen-bond acceptors (Lipinski definition) is 4. The number of benzene rings is 1. The van der Waals surface area contributed by atoms with Gasteiger partial charge in [0.05, 0.1) is 18.1 Å². The Morgan fingerprint density at radius 3 is 2.74 bits per heavy atom. The third-order valence-corrected chi connectivity index (χ3v) is 3.76. The molecule has 19 heavy (non-hydrogen) atoms. The zero-order valence-corrected chi connectivity index (χ0v) is 11.0. The number of esters is 1. The van der Waals surface area contributed by atoms with E-state index in [0.29, 0.717) is 5.95 Å². The number of carbonyl (C=O) groups excluding carboxylic acids is 1. The molecule has 0 saturated heterocycles. The summed E-state index contributed by atoms with van der Waals surface area (Å²) in [6.07, 6.45) is 4.65. The van der Waals surface area contributed by atoms with E-state index in [1.54, 1.807) is 4.57 Å². The fourth-order valence-corrected chi connectivity index (χ4v) is 2.73. The molecule has 0 spiro atoms. The van der Waals surface area contributed by atoms with Crippen molar-refractivity contribution < 1.29 is 9.53 Å². The predicted molar refractivity (Wildman–Crippen MR) is 72.8 cm³/mol. The summed E-state index contributed by atoms with van der Waals surface area (Å²) in [6.45, 7) is 0.109. The summed E-state index contributed by atoms with van der Waals surface area (Å²) in [5.74, 6) is 0.0477. The Morgan fingerprint density at radius 1 is 1.37 bits per heavy atom. The average Bonchev–Trinajstić information content (AvgIpc) is 2.72. The van der Waals surface area contributed by atoms with Crippen molar-refractivity contribution in [2.75, 3.05) is 12.8 Å². The monoisotopic (exact) mass is 259 g/mol. The predicted octanol–water partition coefficient (Wildman–Crippen LogP) is 1.67. The molecule has 0 unspecified atom stereocenters. The molecule has 3 rings (SSSR count). The largest absolute Gasteiger partial charge is 0.468 e. The number of methoxy groups -OCH3 is 1. The first kappa shape index (κ1) is 12.0. The second-order valence-corrected chi connectivity index (χ2v) is 4.95. The van der Waals surface area contributed by atoms with Crippen molar-refractivity contribution in [3.63, 3.8) is 0 Å². The highest BCUT2D eigenvalue weighted by molar-refractivity contribution is 5.82. The van der Waals surface area contributed by atoms with Crippen LogP contribution >= 0.6 is 0 Å². The highest BCUT2D eigenvalue weighted by Crippen LogP contribution is 2.27. The van der Waals surface area contributed by atoms with Gasteiger partial charge in [-0.25, -0.2) is 4.98 Å². The third kappa shape index (κ3) is 2.05. The van der Waals surface area contributed by atoms with Gasteiger partial charge in [-0.1, -0.05) is 0 Å². The molecule has 1 aliphatic carbocycles. The van der Waals surface area contributed by atoms with E-state index in [2.05, 4.69) is 17.1 Å². The Balaban J connectivity index is 2.11. The molecule has 0 radical (unpaired) electrons. The van der Waals surface area contributed by atoms with Gasteiger partial charge < -0.3 is 10.5 Å². The quantitative estimate of drug-likeness (QED) is 0.833. The van der Waals surface area contributed by atoms with Gasteiger partial charge >= 0.3 is 5.97 Å². The van der Waals surface area contributed by atoms with Crippen LogP contribution < -0.4 is 5.73 Å². The lowest BCUT2D eigenvalue weighted by Gasteiger charge is -2.15. The minimum Gasteiger partial charge on any atom is -0.468 e. The molecule has 2 aromatic rings. The molecular formula is C14H17N3O2. The Bertz CT molecular complexity index is 646. The lowest BCUT2D eigenvalue weighted by Crippen LogP contribution is -2.13. The Hall–Kier alpha value is -2.04. The van der Waals surface area contributed by atoms with Crippen LogP contribution in [-0.4, -0.2) is 22.6 Å². The van der Waals surface area contributed by atoms with Crippen molar-refractivity contribution in [2.45, 2.75) is 32.2 Å². The van der Waals surface area contributed by atoms with Gasteiger partial charge in [0, 0.05) is 0 Å². The molecule has 0 atom stereocenters. The second kappa shape index (κ2) is 4.57. The number of fused-ring (bicyclic) bond motifs is 2. The Kier molecular flexibility index (Phi) is 2.89. The van der Waals surface area contributed by atoms with Crippen LogP contribution in [0.25, 0.3) is 11.0 Å². The number of nitrogens with zero attached hydrogens (tertiary/aromatic N) is 2. The average molecular weight is 259 g/mol. The summed E-state index contributed by atoms with van der Waals surface area (Å²) in [7, 11) is 1.37. The minimum atomic E-state index is -0.316. The summed E-state index contributed by atoms with van der Waals surface area (Å²) in [4.78, 5) is 15.8. The number of rotatable bonds is 2. The number of anilines is 1. The topological polar surface area (TPSA) is 70.1 Å². The number of imidazole rings is 1. The van der Waals surface area contributed by atoms with E-state index in [-0.39, 0.29) is 12.5 Å². The normalized spacial score (nSPS) is 14.4. The van der Waals surface area contributed by atoms with E-state index in [0.717, 1.165) is 23.9 Å². The highest BCUT2D eigenvalue weighted by Gasteiger charge is 2.16. The molecule has 2 N–H and O–H groups in total. The number of nitrogen functional groups attached to an aromatic ring is 1. The zero-order valence-electron chi connectivity index (χ0n) is 11.0. The van der Waals surface area contributed by atoms with Crippen LogP contribution in [0.15, 0.2) is 12.1 Å². The van der Waals surface area contributed by atoms with E-state index < -0.39 is 0 Å². The van der Waals surface area contributed by atoms with Crippen LogP contribution in [0.3, 0.4) is 0 Å². The molecule has 1 aromatic heterocycles. The SMILES string of the molecule is COC(=O)Cn1c(N)nc2cc3c(cc21)CCCC3. The van der Waals surface area contributed by atoms with Crippen LogP contribution in [-0.2, 0) is 28.9 Å². The van der Waals surface area contributed by atoms with Gasteiger partial charge in [0.15, 0.2) is 0 Å². The second-order valence-electron chi connectivity index (χ2n) is 4.95. The van der Waals surface area contributed by atoms with Gasteiger partial charge in [0.25, 0.3) is 0 Å². The molecule has 0 aliphatic heterocycles. The summed E-state index contributed by atoms with van der Waals surface area (Å²) in [6, 6.07) is 4.23. The maximum atomic E-state index is 11.4. The molecule has 0 fully saturated rings. The van der Waals surface area contributed by atoms with Crippen LogP contribution in [0.2, 0.25) is 0 Å². The van der Waals surface area contributed by atoms with Gasteiger partial charge in [-0.2, -0.15) is 0 Å². The summed E-state index contributed by atoms with van der Waals surface area (Å²) in [5.41, 5.74) is 10.4. The number of hydrogen-bond donors (Lipinski definition) is 1. The molecule has 0 amide bonds. The van der Waals surface area contributed by atoms with Crippen molar-refractivity contribution in [2.24, 2.45) is 0 Å². The first-order valence-corrected chi connectivity index (χ1v) is 6.53. The Labute approximate surface area is 111 Å². The first-order valence-electron chi connectivity index (χ1n) is 6.53. The Morgan fingerprint density at radius 2 is 2.05 bits per heavy atom. The highest BCUT2D eigenvalue weighted by atomic mass is 16.5. The lowest BCUT2D eigenvalue weighted by atomic mass is 9.91. The van der Waals surface area contributed by atoms with Crippen molar-refractivity contribution in [1.29, 1.82) is 0 Å². The van der Waals surface area contributed by atoms with Gasteiger partial charge in [0.2, 0.25) is 5.95 Å². The number of nitrogens with two attached hydrogens (primary N) is 1. The van der Waals surface area contributed by atoms with Crippen molar-refractivity contribution in [1.82, 2.24) is 9.55 Å². The summed E-state index contributed by atoms with van der Waals surface area (Å²) >= 11 is 0. The molecule has 1 aromatic carbocycles. The number of carbonyl (C=O) groups is 1. The van der Waals surface area contributed by atoms with Crippen LogP contribution in [0.4, 0.5) is 5.95 Å². The van der Waals surface area contributed by atoms with Gasteiger partial charge in [0.1, 0.15) is 6.54 Å². The van der Waals surface area contributed by atoms with Crippen LogP contribution in [0, 0.1) is 0 Å². The maximum Gasteiger partial charge on any atom is 0.325 e. The number of ether oxygens (including phenoxy) is 1. The van der Waals surface area contributed by atoms with E-state index in [1.807, 2.05) is 0 Å². The van der Waals surface area contributed by atoms with E-state index >= 15 is 0 Å². The summed E-state index contributed by atoms with van der Waals surface area (Å²) in [5, 5.41) is 0. The number of aromatic nitrogens is 2. The minimum absolute atomic E-state index is 0.109. The van der Waals surface area contributed by atoms with Crippen molar-refractivity contribution >= 4 is 23.0 Å². The maximum absolute atomic E-state index is 11.4. The van der Waals surface area contributed by atoms with Gasteiger partial charge in [-0.3, -0.25) is 9.36 Å². The first-order chi connectivity index (χ1) is 9.19. The molecule has 0 saturated carbocycles. The van der Waals surface area contributed by atoms with Gasteiger partial charge in [-0.05, 0) is 48.9 Å². The van der Waals surface area contributed by atoms with Crippen LogP contribution in [0.1, 0.15) is 24.0 Å². The summed E-state index contributed by atoms with van der Waals surface area (Å²) < 4.78 is 6.42. The molecule has 0 bridgehead atoms. The zero-order chi connectivity index (χ0) is 13.4. The lowest BCUT2D eigenvalue weighted by molar-refractivity contribution is -0.141. The molecule has 100 valence electrons. The number of aryl methyl sites for hydroxylation is 2. The fourth-order valence-electron chi connectivity index (χ4n) is 2.73. The fraction of sp³-hybridized carbons (Fsp3) is 0.429. The van der Waals surface area contributed by atoms with Crippen LogP contribution in [0.5, 0.6) is 0 Å². The van der Waals surface area contributed by atoms with E-state index in [4.69, 9.17) is 10.5 Å². The molecular weight excluding hydrogens is 242 g/mol. The smallest absolute Gasteiger partial charge is 0.325 e. The third-order valence-electron chi connectivity index (χ3n) is 3.76. The molecule has 5 nitrogen and oxygen atoms in total. The van der Waals surface area contributed by atoms with Crippen molar-refractivity contribution in [3.05, 3.63) is 23.3 Å². The van der Waals surface area contributed by atoms with Gasteiger partial charge in [-0.15, -0.1) is 0 Å². The van der Waals surface area contributed by atoms with Crippen molar-refractivity contribution in [3.8, 4) is 0 Å².